The molecule has 0 bridgehead atoms. The van der Waals surface area contributed by atoms with E-state index in [2.05, 4.69) is 37.5 Å². The van der Waals surface area contributed by atoms with Gasteiger partial charge in [0.1, 0.15) is 5.56 Å². The molecule has 1 N–H and O–H groups in total. The van der Waals surface area contributed by atoms with Crippen molar-refractivity contribution in [1.29, 1.82) is 0 Å². The average molecular weight is 427 g/mol. The first-order valence-electron chi connectivity index (χ1n) is 9.74. The van der Waals surface area contributed by atoms with E-state index in [0.29, 0.717) is 16.3 Å². The first-order valence-corrected chi connectivity index (χ1v) is 10.6. The molecule has 5 aromatic rings. The SMILES string of the molecule is Cc1nc(NC(=O)c2cnn3c(-c4cccnc4)ccnc23)sc1Cc1ccccc1. The number of benzene rings is 1. The second-order valence-corrected chi connectivity index (χ2v) is 8.09. The summed E-state index contributed by atoms with van der Waals surface area (Å²) < 4.78 is 1.65. The van der Waals surface area contributed by atoms with Crippen molar-refractivity contribution in [2.45, 2.75) is 13.3 Å². The maximum atomic E-state index is 13.0. The average Bonchev–Trinajstić information content (AvgIpc) is 3.38. The Morgan fingerprint density at radius 2 is 1.94 bits per heavy atom. The Hall–Kier alpha value is -3.91. The molecule has 0 saturated carbocycles. The van der Waals surface area contributed by atoms with Crippen LogP contribution in [0.5, 0.6) is 0 Å². The Kier molecular flexibility index (Phi) is 4.97. The van der Waals surface area contributed by atoms with Gasteiger partial charge in [-0.05, 0) is 30.7 Å². The van der Waals surface area contributed by atoms with Gasteiger partial charge in [-0.1, -0.05) is 30.3 Å². The second-order valence-electron chi connectivity index (χ2n) is 7.01. The van der Waals surface area contributed by atoms with Gasteiger partial charge in [0, 0.05) is 35.5 Å². The summed E-state index contributed by atoms with van der Waals surface area (Å²) in [6.45, 7) is 1.96. The normalized spacial score (nSPS) is 11.0. The third-order valence-electron chi connectivity index (χ3n) is 4.92. The van der Waals surface area contributed by atoms with Crippen LogP contribution in [0.25, 0.3) is 16.9 Å². The highest BCUT2D eigenvalue weighted by Crippen LogP contribution is 2.26. The molecule has 0 aliphatic heterocycles. The van der Waals surface area contributed by atoms with Gasteiger partial charge in [0.05, 0.1) is 17.6 Å². The minimum Gasteiger partial charge on any atom is -0.298 e. The molecule has 0 radical (unpaired) electrons. The fraction of sp³-hybridized carbons (Fsp3) is 0.0870. The van der Waals surface area contributed by atoms with E-state index in [0.717, 1.165) is 28.2 Å². The Labute approximate surface area is 182 Å². The Balaban J connectivity index is 1.41. The second kappa shape index (κ2) is 8.08. The quantitative estimate of drug-likeness (QED) is 0.450. The van der Waals surface area contributed by atoms with Gasteiger partial charge in [-0.25, -0.2) is 14.5 Å². The first kappa shape index (κ1) is 19.1. The topological polar surface area (TPSA) is 85.1 Å². The molecule has 8 heteroatoms. The number of fused-ring (bicyclic) bond motifs is 1. The predicted octanol–water partition coefficient (Wildman–Crippen LogP) is 4.40. The molecule has 1 aromatic carbocycles. The van der Waals surface area contributed by atoms with Crippen LogP contribution in [0.15, 0.2) is 73.3 Å². The summed E-state index contributed by atoms with van der Waals surface area (Å²) in [5.41, 5.74) is 4.71. The van der Waals surface area contributed by atoms with Crippen molar-refractivity contribution in [1.82, 2.24) is 24.6 Å². The van der Waals surface area contributed by atoms with E-state index in [1.54, 1.807) is 23.1 Å². The largest absolute Gasteiger partial charge is 0.298 e. The molecule has 0 unspecified atom stereocenters. The van der Waals surface area contributed by atoms with Crippen LogP contribution in [0.3, 0.4) is 0 Å². The number of nitrogens with one attached hydrogen (secondary N) is 1. The van der Waals surface area contributed by atoms with Crippen molar-refractivity contribution >= 4 is 28.0 Å². The number of hydrogen-bond acceptors (Lipinski definition) is 6. The number of amides is 1. The van der Waals surface area contributed by atoms with Gasteiger partial charge in [-0.15, -0.1) is 11.3 Å². The molecule has 1 amide bonds. The molecule has 0 atom stereocenters. The minimum atomic E-state index is -0.286. The summed E-state index contributed by atoms with van der Waals surface area (Å²) in [6, 6.07) is 15.9. The number of aromatic nitrogens is 5. The number of thiazole rings is 1. The van der Waals surface area contributed by atoms with Gasteiger partial charge >= 0.3 is 0 Å². The number of carbonyl (C=O) groups is 1. The Morgan fingerprint density at radius 3 is 2.74 bits per heavy atom. The first-order chi connectivity index (χ1) is 15.2. The molecule has 4 aromatic heterocycles. The van der Waals surface area contributed by atoms with Gasteiger partial charge < -0.3 is 0 Å². The van der Waals surface area contributed by atoms with Gasteiger partial charge in [-0.3, -0.25) is 15.1 Å². The third kappa shape index (κ3) is 3.80. The van der Waals surface area contributed by atoms with Crippen molar-refractivity contribution in [3.8, 4) is 11.3 Å². The number of rotatable bonds is 5. The lowest BCUT2D eigenvalue weighted by Crippen LogP contribution is -2.12. The fourth-order valence-electron chi connectivity index (χ4n) is 3.38. The Morgan fingerprint density at radius 1 is 1.06 bits per heavy atom. The van der Waals surface area contributed by atoms with Crippen LogP contribution in [-0.4, -0.2) is 30.5 Å². The van der Waals surface area contributed by atoms with Crippen LogP contribution in [0.2, 0.25) is 0 Å². The standard InChI is InChI=1S/C23H18N6OS/c1-15-20(12-16-6-3-2-4-7-16)31-23(27-15)28-22(30)18-14-26-29-19(9-11-25-21(18)29)17-8-5-10-24-13-17/h2-11,13-14H,12H2,1H3,(H,27,28,30). The third-order valence-corrected chi connectivity index (χ3v) is 6.00. The molecule has 0 fully saturated rings. The number of aryl methyl sites for hydroxylation is 1. The van der Waals surface area contributed by atoms with E-state index in [-0.39, 0.29) is 5.91 Å². The van der Waals surface area contributed by atoms with Crippen molar-refractivity contribution in [2.75, 3.05) is 5.32 Å². The van der Waals surface area contributed by atoms with E-state index in [4.69, 9.17) is 0 Å². The van der Waals surface area contributed by atoms with Crippen molar-refractivity contribution < 1.29 is 4.79 Å². The highest BCUT2D eigenvalue weighted by atomic mass is 32.1. The van der Waals surface area contributed by atoms with Crippen LogP contribution in [-0.2, 0) is 6.42 Å². The van der Waals surface area contributed by atoms with E-state index in [1.165, 1.54) is 23.1 Å². The molecular formula is C23H18N6OS. The summed E-state index contributed by atoms with van der Waals surface area (Å²) >= 11 is 1.49. The lowest BCUT2D eigenvalue weighted by atomic mass is 10.1. The van der Waals surface area contributed by atoms with Crippen LogP contribution < -0.4 is 5.32 Å². The van der Waals surface area contributed by atoms with Crippen LogP contribution in [0, 0.1) is 6.92 Å². The van der Waals surface area contributed by atoms with Gasteiger partial charge in [0.25, 0.3) is 5.91 Å². The summed E-state index contributed by atoms with van der Waals surface area (Å²) in [7, 11) is 0. The van der Waals surface area contributed by atoms with E-state index in [1.807, 2.05) is 43.3 Å². The van der Waals surface area contributed by atoms with Crippen molar-refractivity contribution in [3.05, 3.63) is 95.0 Å². The molecular weight excluding hydrogens is 408 g/mol. The van der Waals surface area contributed by atoms with E-state index < -0.39 is 0 Å². The fourth-order valence-corrected chi connectivity index (χ4v) is 4.37. The predicted molar refractivity (Wildman–Crippen MR) is 120 cm³/mol. The molecule has 4 heterocycles. The number of anilines is 1. The summed E-state index contributed by atoms with van der Waals surface area (Å²) in [6.07, 6.45) is 7.45. The summed E-state index contributed by atoms with van der Waals surface area (Å²) in [5, 5.41) is 7.86. The zero-order chi connectivity index (χ0) is 21.2. The van der Waals surface area contributed by atoms with E-state index >= 15 is 0 Å². The molecule has 31 heavy (non-hydrogen) atoms. The molecule has 0 spiro atoms. The number of pyridine rings is 1. The molecule has 152 valence electrons. The smallest absolute Gasteiger partial charge is 0.262 e. The molecule has 7 nitrogen and oxygen atoms in total. The number of carbonyl (C=O) groups excluding carboxylic acids is 1. The highest BCUT2D eigenvalue weighted by molar-refractivity contribution is 7.15. The maximum absolute atomic E-state index is 13.0. The molecule has 0 aliphatic carbocycles. The monoisotopic (exact) mass is 426 g/mol. The number of hydrogen-bond donors (Lipinski definition) is 1. The van der Waals surface area contributed by atoms with Gasteiger partial charge in [-0.2, -0.15) is 5.10 Å². The lowest BCUT2D eigenvalue weighted by Gasteiger charge is -2.04. The van der Waals surface area contributed by atoms with Crippen molar-refractivity contribution in [3.63, 3.8) is 0 Å². The minimum absolute atomic E-state index is 0.286. The van der Waals surface area contributed by atoms with Gasteiger partial charge in [0.2, 0.25) is 0 Å². The number of nitrogens with zero attached hydrogens (tertiary/aromatic N) is 5. The Bertz CT molecular complexity index is 1360. The lowest BCUT2D eigenvalue weighted by molar-refractivity contribution is 0.102. The molecule has 0 aliphatic rings. The summed E-state index contributed by atoms with van der Waals surface area (Å²) in [4.78, 5) is 27.2. The van der Waals surface area contributed by atoms with Crippen LogP contribution in [0.4, 0.5) is 5.13 Å². The maximum Gasteiger partial charge on any atom is 0.262 e. The van der Waals surface area contributed by atoms with Crippen LogP contribution >= 0.6 is 11.3 Å². The van der Waals surface area contributed by atoms with Crippen molar-refractivity contribution in [2.24, 2.45) is 0 Å². The highest BCUT2D eigenvalue weighted by Gasteiger charge is 2.18. The van der Waals surface area contributed by atoms with Gasteiger partial charge in [0.15, 0.2) is 10.8 Å². The van der Waals surface area contributed by atoms with E-state index in [9.17, 15) is 4.79 Å². The van der Waals surface area contributed by atoms with Crippen LogP contribution in [0.1, 0.15) is 26.5 Å². The molecule has 0 saturated heterocycles. The summed E-state index contributed by atoms with van der Waals surface area (Å²) in [5.74, 6) is -0.286. The zero-order valence-electron chi connectivity index (χ0n) is 16.7. The zero-order valence-corrected chi connectivity index (χ0v) is 17.5. The molecule has 5 rings (SSSR count).